The second-order valence-corrected chi connectivity index (χ2v) is 6.66. The Morgan fingerprint density at radius 1 is 0.800 bits per heavy atom. The van der Waals surface area contributed by atoms with Gasteiger partial charge >= 0.3 is 0 Å². The van der Waals surface area contributed by atoms with E-state index in [1.807, 2.05) is 16.8 Å². The van der Waals surface area contributed by atoms with Crippen LogP contribution in [0.5, 0.6) is 0 Å². The van der Waals surface area contributed by atoms with Gasteiger partial charge in [0.05, 0.1) is 6.54 Å². The highest BCUT2D eigenvalue weighted by molar-refractivity contribution is 5.85. The second kappa shape index (κ2) is 13.6. The van der Waals surface area contributed by atoms with Crippen LogP contribution in [0.3, 0.4) is 0 Å². The molecule has 0 spiro atoms. The van der Waals surface area contributed by atoms with Gasteiger partial charge in [-0.05, 0) is 32.9 Å². The van der Waals surface area contributed by atoms with Crippen molar-refractivity contribution in [2.24, 2.45) is 0 Å². The molecule has 1 N–H and O–H groups in total. The second-order valence-electron chi connectivity index (χ2n) is 6.66. The summed E-state index contributed by atoms with van der Waals surface area (Å²) >= 11 is 0. The van der Waals surface area contributed by atoms with Gasteiger partial charge < -0.3 is 15.1 Å². The number of amides is 2. The summed E-state index contributed by atoms with van der Waals surface area (Å²) in [5.41, 5.74) is 0. The van der Waals surface area contributed by atoms with Crippen LogP contribution < -0.4 is 5.32 Å². The predicted octanol–water partition coefficient (Wildman–Crippen LogP) is 1.38. The van der Waals surface area contributed by atoms with Crippen molar-refractivity contribution < 1.29 is 9.59 Å². The fourth-order valence-electron chi connectivity index (χ4n) is 3.34. The number of carbonyl (C=O) groups is 2. The van der Waals surface area contributed by atoms with Gasteiger partial charge in [-0.3, -0.25) is 14.5 Å². The van der Waals surface area contributed by atoms with Crippen LogP contribution in [0.2, 0.25) is 0 Å². The van der Waals surface area contributed by atoms with Crippen LogP contribution in [-0.4, -0.2) is 85.9 Å². The molecular formula is C17H34Cl2N4O2. The molecule has 0 radical (unpaired) electrons. The van der Waals surface area contributed by atoms with E-state index in [4.69, 9.17) is 0 Å². The molecule has 0 bridgehead atoms. The molecule has 25 heavy (non-hydrogen) atoms. The molecule has 8 heteroatoms. The molecule has 0 saturated carbocycles. The lowest BCUT2D eigenvalue weighted by molar-refractivity contribution is -0.135. The van der Waals surface area contributed by atoms with E-state index in [-0.39, 0.29) is 36.6 Å². The van der Waals surface area contributed by atoms with E-state index in [0.29, 0.717) is 13.0 Å². The Hall–Kier alpha value is -0.560. The number of hydrogen-bond acceptors (Lipinski definition) is 4. The molecule has 2 saturated heterocycles. The predicted molar refractivity (Wildman–Crippen MR) is 106 cm³/mol. The van der Waals surface area contributed by atoms with Gasteiger partial charge in [-0.2, -0.15) is 0 Å². The molecule has 2 rings (SSSR count). The van der Waals surface area contributed by atoms with Crippen LogP contribution in [-0.2, 0) is 9.59 Å². The van der Waals surface area contributed by atoms with Crippen LogP contribution in [0.4, 0.5) is 0 Å². The van der Waals surface area contributed by atoms with Gasteiger partial charge in [-0.15, -0.1) is 24.8 Å². The maximum absolute atomic E-state index is 12.4. The highest BCUT2D eigenvalue weighted by atomic mass is 35.5. The Kier molecular flexibility index (Phi) is 13.3. The van der Waals surface area contributed by atoms with Crippen LogP contribution in [0, 0.1) is 0 Å². The quantitative estimate of drug-likeness (QED) is 0.688. The van der Waals surface area contributed by atoms with E-state index in [1.54, 1.807) is 0 Å². The number of hydrogen-bond donors (Lipinski definition) is 1. The van der Waals surface area contributed by atoms with Crippen LogP contribution in [0.15, 0.2) is 0 Å². The number of carbonyl (C=O) groups excluding carboxylic acids is 2. The van der Waals surface area contributed by atoms with Gasteiger partial charge in [0, 0.05) is 45.7 Å². The first-order valence-corrected chi connectivity index (χ1v) is 9.13. The number of piperazine rings is 1. The average Bonchev–Trinajstić information content (AvgIpc) is 2.85. The Morgan fingerprint density at radius 3 is 1.92 bits per heavy atom. The largest absolute Gasteiger partial charge is 0.342 e. The van der Waals surface area contributed by atoms with Gasteiger partial charge in [0.25, 0.3) is 0 Å². The van der Waals surface area contributed by atoms with Crippen molar-refractivity contribution in [3.8, 4) is 0 Å². The average molecular weight is 397 g/mol. The molecule has 0 aromatic carbocycles. The minimum atomic E-state index is 0. The third-order valence-electron chi connectivity index (χ3n) is 4.86. The Bertz CT molecular complexity index is 383. The standard InChI is InChI=1S/C17H32N4O2.2ClH/c1-18-8-6-7-16(22)21-13-11-19(12-14-21)15-17(23)20-9-4-2-3-5-10-20;;/h18H,2-15H2,1H3;2*1H. The van der Waals surface area contributed by atoms with Gasteiger partial charge in [-0.25, -0.2) is 0 Å². The van der Waals surface area contributed by atoms with E-state index in [1.165, 1.54) is 12.8 Å². The molecule has 2 heterocycles. The smallest absolute Gasteiger partial charge is 0.236 e. The van der Waals surface area contributed by atoms with Gasteiger partial charge in [0.2, 0.25) is 11.8 Å². The van der Waals surface area contributed by atoms with E-state index in [0.717, 1.165) is 65.1 Å². The first-order chi connectivity index (χ1) is 11.2. The third-order valence-corrected chi connectivity index (χ3v) is 4.86. The fraction of sp³-hybridized carbons (Fsp3) is 0.882. The molecule has 2 amide bonds. The molecule has 2 aliphatic rings. The minimum absolute atomic E-state index is 0. The zero-order valence-electron chi connectivity index (χ0n) is 15.4. The lowest BCUT2D eigenvalue weighted by atomic mass is 10.2. The summed E-state index contributed by atoms with van der Waals surface area (Å²) in [6.45, 7) is 6.38. The monoisotopic (exact) mass is 396 g/mol. The summed E-state index contributed by atoms with van der Waals surface area (Å²) < 4.78 is 0. The normalized spacial score (nSPS) is 18.8. The highest BCUT2D eigenvalue weighted by Gasteiger charge is 2.24. The third kappa shape index (κ3) is 8.58. The maximum atomic E-state index is 12.4. The van der Waals surface area contributed by atoms with Crippen molar-refractivity contribution in [2.75, 3.05) is 59.4 Å². The zero-order valence-corrected chi connectivity index (χ0v) is 17.0. The summed E-state index contributed by atoms with van der Waals surface area (Å²) in [6, 6.07) is 0. The molecule has 0 aliphatic carbocycles. The zero-order chi connectivity index (χ0) is 16.5. The topological polar surface area (TPSA) is 55.9 Å². The summed E-state index contributed by atoms with van der Waals surface area (Å²) in [7, 11) is 1.91. The van der Waals surface area contributed by atoms with Crippen molar-refractivity contribution in [1.29, 1.82) is 0 Å². The molecule has 0 aromatic heterocycles. The van der Waals surface area contributed by atoms with Crippen molar-refractivity contribution in [2.45, 2.75) is 38.5 Å². The Morgan fingerprint density at radius 2 is 1.36 bits per heavy atom. The molecule has 2 aliphatic heterocycles. The van der Waals surface area contributed by atoms with Crippen LogP contribution >= 0.6 is 24.8 Å². The van der Waals surface area contributed by atoms with E-state index in [2.05, 4.69) is 10.2 Å². The summed E-state index contributed by atoms with van der Waals surface area (Å²) in [6.07, 6.45) is 6.29. The number of likely N-dealkylation sites (tertiary alicyclic amines) is 1. The highest BCUT2D eigenvalue weighted by Crippen LogP contribution is 2.11. The van der Waals surface area contributed by atoms with Crippen LogP contribution in [0.1, 0.15) is 38.5 Å². The molecule has 2 fully saturated rings. The van der Waals surface area contributed by atoms with E-state index in [9.17, 15) is 9.59 Å². The van der Waals surface area contributed by atoms with E-state index < -0.39 is 0 Å². The summed E-state index contributed by atoms with van der Waals surface area (Å²) in [4.78, 5) is 30.7. The SMILES string of the molecule is CNCCCC(=O)N1CCN(CC(=O)N2CCCCCC2)CC1.Cl.Cl. The summed E-state index contributed by atoms with van der Waals surface area (Å²) in [5.74, 6) is 0.513. The van der Waals surface area contributed by atoms with E-state index >= 15 is 0 Å². The molecule has 0 atom stereocenters. The molecular weight excluding hydrogens is 363 g/mol. The lowest BCUT2D eigenvalue weighted by Crippen LogP contribution is -2.51. The lowest BCUT2D eigenvalue weighted by Gasteiger charge is -2.35. The molecule has 6 nitrogen and oxygen atoms in total. The van der Waals surface area contributed by atoms with Crippen molar-refractivity contribution in [1.82, 2.24) is 20.0 Å². The molecule has 0 aromatic rings. The number of rotatable bonds is 6. The first kappa shape index (κ1) is 24.4. The Labute approximate surface area is 164 Å². The maximum Gasteiger partial charge on any atom is 0.236 e. The van der Waals surface area contributed by atoms with Crippen molar-refractivity contribution >= 4 is 36.6 Å². The minimum Gasteiger partial charge on any atom is -0.342 e. The molecule has 148 valence electrons. The first-order valence-electron chi connectivity index (χ1n) is 9.13. The summed E-state index contributed by atoms with van der Waals surface area (Å²) in [5, 5.41) is 3.07. The fourth-order valence-corrected chi connectivity index (χ4v) is 3.34. The van der Waals surface area contributed by atoms with Crippen molar-refractivity contribution in [3.63, 3.8) is 0 Å². The van der Waals surface area contributed by atoms with Gasteiger partial charge in [0.1, 0.15) is 0 Å². The Balaban J connectivity index is 0.00000288. The van der Waals surface area contributed by atoms with Crippen molar-refractivity contribution in [3.05, 3.63) is 0 Å². The number of halogens is 2. The van der Waals surface area contributed by atoms with Crippen LogP contribution in [0.25, 0.3) is 0 Å². The van der Waals surface area contributed by atoms with Gasteiger partial charge in [-0.1, -0.05) is 12.8 Å². The number of nitrogens with one attached hydrogen (secondary N) is 1. The van der Waals surface area contributed by atoms with Gasteiger partial charge in [0.15, 0.2) is 0 Å². The molecule has 0 unspecified atom stereocenters. The number of nitrogens with zero attached hydrogens (tertiary/aromatic N) is 3.